The van der Waals surface area contributed by atoms with Crippen LogP contribution in [0.5, 0.6) is 0 Å². The second-order valence-corrected chi connectivity index (χ2v) is 5.88. The van der Waals surface area contributed by atoms with Gasteiger partial charge in [-0.15, -0.1) is 0 Å². The van der Waals surface area contributed by atoms with Gasteiger partial charge in [0.2, 0.25) is 0 Å². The van der Waals surface area contributed by atoms with Gasteiger partial charge in [-0.3, -0.25) is 0 Å². The van der Waals surface area contributed by atoms with Crippen molar-refractivity contribution in [3.05, 3.63) is 36.0 Å². The molecular formula is C15H22O4. The second kappa shape index (κ2) is 5.31. The quantitative estimate of drug-likeness (QED) is 0.415. The predicted octanol–water partition coefficient (Wildman–Crippen LogP) is 2.04. The molecule has 4 heteroatoms. The SMILES string of the molecule is C=C1C[C@H](O)CC(C)(C)[C@]1(O)/C=C/C(C)=C/C(=O)O. The number of allylic oxidation sites excluding steroid dienone is 2. The van der Waals surface area contributed by atoms with E-state index in [2.05, 4.69) is 6.58 Å². The molecule has 0 amide bonds. The number of aliphatic carboxylic acids is 1. The highest BCUT2D eigenvalue weighted by Crippen LogP contribution is 2.47. The number of aliphatic hydroxyl groups excluding tert-OH is 1. The summed E-state index contributed by atoms with van der Waals surface area (Å²) in [6.07, 6.45) is 4.56. The van der Waals surface area contributed by atoms with Gasteiger partial charge in [0.15, 0.2) is 0 Å². The monoisotopic (exact) mass is 266 g/mol. The molecule has 1 saturated carbocycles. The van der Waals surface area contributed by atoms with Crippen molar-refractivity contribution in [1.82, 2.24) is 0 Å². The van der Waals surface area contributed by atoms with Crippen LogP contribution in [0.2, 0.25) is 0 Å². The van der Waals surface area contributed by atoms with Gasteiger partial charge in [0.25, 0.3) is 0 Å². The molecule has 0 aromatic carbocycles. The first kappa shape index (κ1) is 15.7. The first-order chi connectivity index (χ1) is 8.58. The summed E-state index contributed by atoms with van der Waals surface area (Å²) in [5, 5.41) is 29.2. The van der Waals surface area contributed by atoms with Crippen LogP contribution >= 0.6 is 0 Å². The smallest absolute Gasteiger partial charge is 0.328 e. The van der Waals surface area contributed by atoms with Crippen molar-refractivity contribution >= 4 is 5.97 Å². The van der Waals surface area contributed by atoms with Gasteiger partial charge < -0.3 is 15.3 Å². The Morgan fingerprint density at radius 2 is 2.05 bits per heavy atom. The number of carboxylic acids is 1. The molecule has 0 aromatic heterocycles. The molecule has 19 heavy (non-hydrogen) atoms. The van der Waals surface area contributed by atoms with E-state index in [1.807, 2.05) is 13.8 Å². The number of aliphatic hydroxyl groups is 2. The minimum Gasteiger partial charge on any atom is -0.478 e. The molecule has 1 aliphatic rings. The van der Waals surface area contributed by atoms with Crippen LogP contribution in [0.1, 0.15) is 33.6 Å². The lowest BCUT2D eigenvalue weighted by atomic mass is 9.62. The maximum Gasteiger partial charge on any atom is 0.328 e. The molecule has 1 rings (SSSR count). The lowest BCUT2D eigenvalue weighted by Gasteiger charge is -2.47. The molecule has 0 aliphatic heterocycles. The fourth-order valence-electron chi connectivity index (χ4n) is 2.57. The standard InChI is InChI=1S/C15H22O4/c1-10(7-13(17)18)5-6-15(19)11(2)8-12(16)9-14(15,3)4/h5-7,12,16,19H,2,8-9H2,1,3-4H3,(H,17,18)/b6-5+,10-7+/t12-,15-/m0/s1. The van der Waals surface area contributed by atoms with E-state index >= 15 is 0 Å². The van der Waals surface area contributed by atoms with Crippen LogP contribution in [0.4, 0.5) is 0 Å². The molecule has 3 N–H and O–H groups in total. The lowest BCUT2D eigenvalue weighted by Crippen LogP contribution is -2.50. The van der Waals surface area contributed by atoms with E-state index < -0.39 is 23.1 Å². The Kier molecular flexibility index (Phi) is 4.38. The van der Waals surface area contributed by atoms with Crippen LogP contribution in [0, 0.1) is 5.41 Å². The van der Waals surface area contributed by atoms with Gasteiger partial charge in [-0.05, 0) is 37.0 Å². The molecule has 0 heterocycles. The molecule has 0 spiro atoms. The van der Waals surface area contributed by atoms with Gasteiger partial charge in [-0.2, -0.15) is 0 Å². The first-order valence-electron chi connectivity index (χ1n) is 6.27. The van der Waals surface area contributed by atoms with Gasteiger partial charge in [-0.25, -0.2) is 4.79 Å². The summed E-state index contributed by atoms with van der Waals surface area (Å²) < 4.78 is 0. The average molecular weight is 266 g/mol. The molecule has 0 saturated heterocycles. The van der Waals surface area contributed by atoms with Crippen LogP contribution in [0.15, 0.2) is 36.0 Å². The largest absolute Gasteiger partial charge is 0.478 e. The zero-order valence-corrected chi connectivity index (χ0v) is 11.7. The van der Waals surface area contributed by atoms with Crippen molar-refractivity contribution in [2.45, 2.75) is 45.3 Å². The molecule has 4 nitrogen and oxygen atoms in total. The summed E-state index contributed by atoms with van der Waals surface area (Å²) in [6, 6.07) is 0. The highest BCUT2D eigenvalue weighted by molar-refractivity contribution is 5.81. The topological polar surface area (TPSA) is 77.8 Å². The van der Waals surface area contributed by atoms with Crippen molar-refractivity contribution in [2.75, 3.05) is 0 Å². The van der Waals surface area contributed by atoms with Gasteiger partial charge in [-0.1, -0.05) is 26.5 Å². The maximum absolute atomic E-state index is 10.8. The lowest BCUT2D eigenvalue weighted by molar-refractivity contribution is -0.131. The number of rotatable bonds is 3. The van der Waals surface area contributed by atoms with Gasteiger partial charge in [0, 0.05) is 11.5 Å². The van der Waals surface area contributed by atoms with E-state index in [0.29, 0.717) is 24.0 Å². The average Bonchev–Trinajstić information content (AvgIpc) is 2.21. The van der Waals surface area contributed by atoms with E-state index in [1.165, 1.54) is 0 Å². The summed E-state index contributed by atoms with van der Waals surface area (Å²) in [6.45, 7) is 9.23. The van der Waals surface area contributed by atoms with Gasteiger partial charge in [0.05, 0.1) is 6.10 Å². The molecule has 0 bridgehead atoms. The summed E-state index contributed by atoms with van der Waals surface area (Å²) in [5.41, 5.74) is -0.701. The van der Waals surface area contributed by atoms with E-state index in [9.17, 15) is 15.0 Å². The molecule has 0 aromatic rings. The van der Waals surface area contributed by atoms with E-state index in [-0.39, 0.29) is 0 Å². The first-order valence-corrected chi connectivity index (χ1v) is 6.27. The van der Waals surface area contributed by atoms with E-state index in [1.54, 1.807) is 19.1 Å². The Balaban J connectivity index is 3.05. The third kappa shape index (κ3) is 3.33. The summed E-state index contributed by atoms with van der Waals surface area (Å²) in [4.78, 5) is 10.6. The van der Waals surface area contributed by atoms with Crippen molar-refractivity contribution in [3.63, 3.8) is 0 Å². The van der Waals surface area contributed by atoms with Crippen LogP contribution in [0.25, 0.3) is 0 Å². The highest BCUT2D eigenvalue weighted by atomic mass is 16.4. The minimum absolute atomic E-state index is 0.353. The van der Waals surface area contributed by atoms with Gasteiger partial charge in [0.1, 0.15) is 5.60 Å². The Labute approximate surface area is 113 Å². The fraction of sp³-hybridized carbons (Fsp3) is 0.533. The number of carbonyl (C=O) groups is 1. The van der Waals surface area contributed by atoms with Crippen molar-refractivity contribution < 1.29 is 20.1 Å². The number of carboxylic acid groups (broad SMARTS) is 1. The van der Waals surface area contributed by atoms with Gasteiger partial charge >= 0.3 is 5.97 Å². The van der Waals surface area contributed by atoms with Crippen LogP contribution in [0.3, 0.4) is 0 Å². The molecule has 0 radical (unpaired) electrons. The zero-order chi connectivity index (χ0) is 14.8. The molecule has 106 valence electrons. The van der Waals surface area contributed by atoms with Crippen molar-refractivity contribution in [2.24, 2.45) is 5.41 Å². The normalized spacial score (nSPS) is 31.7. The minimum atomic E-state index is -1.24. The van der Waals surface area contributed by atoms with E-state index in [4.69, 9.17) is 5.11 Å². The molecule has 1 aliphatic carbocycles. The zero-order valence-electron chi connectivity index (χ0n) is 11.7. The number of hydrogen-bond acceptors (Lipinski definition) is 3. The summed E-state index contributed by atoms with van der Waals surface area (Å²) >= 11 is 0. The van der Waals surface area contributed by atoms with Crippen LogP contribution in [-0.2, 0) is 4.79 Å². The summed E-state index contributed by atoms with van der Waals surface area (Å²) in [5.74, 6) is -1.02. The Bertz CT molecular complexity index is 445. The predicted molar refractivity (Wildman–Crippen MR) is 73.6 cm³/mol. The van der Waals surface area contributed by atoms with Crippen molar-refractivity contribution in [1.29, 1.82) is 0 Å². The highest BCUT2D eigenvalue weighted by Gasteiger charge is 2.48. The third-order valence-corrected chi connectivity index (χ3v) is 3.74. The number of hydrogen-bond donors (Lipinski definition) is 3. The fourth-order valence-corrected chi connectivity index (χ4v) is 2.57. The third-order valence-electron chi connectivity index (χ3n) is 3.74. The summed E-state index contributed by atoms with van der Waals surface area (Å²) in [7, 11) is 0. The van der Waals surface area contributed by atoms with E-state index in [0.717, 1.165) is 6.08 Å². The second-order valence-electron chi connectivity index (χ2n) is 5.88. The molecule has 2 atom stereocenters. The maximum atomic E-state index is 10.8. The molecular weight excluding hydrogens is 244 g/mol. The Morgan fingerprint density at radius 1 is 1.47 bits per heavy atom. The van der Waals surface area contributed by atoms with Crippen LogP contribution in [-0.4, -0.2) is 33.0 Å². The molecule has 0 unspecified atom stereocenters. The molecule has 1 fully saturated rings. The Morgan fingerprint density at radius 3 is 2.53 bits per heavy atom. The Hall–Kier alpha value is -1.39. The van der Waals surface area contributed by atoms with Crippen LogP contribution < -0.4 is 0 Å². The van der Waals surface area contributed by atoms with Crippen molar-refractivity contribution in [3.8, 4) is 0 Å².